The summed E-state index contributed by atoms with van der Waals surface area (Å²) in [5.74, 6) is 0.0280. The number of carbonyl (C=O) groups excluding carboxylic acids is 1. The fraction of sp³-hybridized carbons (Fsp3) is 0.316. The van der Waals surface area contributed by atoms with Gasteiger partial charge in [0, 0.05) is 9.99 Å². The summed E-state index contributed by atoms with van der Waals surface area (Å²) in [6, 6.07) is 8.77. The summed E-state index contributed by atoms with van der Waals surface area (Å²) in [4.78, 5) is 12.3. The van der Waals surface area contributed by atoms with Gasteiger partial charge in [0.15, 0.2) is 0 Å². The van der Waals surface area contributed by atoms with Crippen molar-refractivity contribution in [3.8, 4) is 0 Å². The van der Waals surface area contributed by atoms with Gasteiger partial charge in [-0.25, -0.2) is 0 Å². The van der Waals surface area contributed by atoms with Gasteiger partial charge in [-0.3, -0.25) is 4.79 Å². The van der Waals surface area contributed by atoms with Crippen LogP contribution in [0.4, 0.5) is 0 Å². The van der Waals surface area contributed by atoms with E-state index in [9.17, 15) is 4.79 Å². The van der Waals surface area contributed by atoms with Gasteiger partial charge in [-0.15, -0.1) is 6.58 Å². The highest BCUT2D eigenvalue weighted by atomic mass is 127. The summed E-state index contributed by atoms with van der Waals surface area (Å²) in [5, 5.41) is 2.46. The lowest BCUT2D eigenvalue weighted by atomic mass is 9.86. The molecule has 0 saturated carbocycles. The van der Waals surface area contributed by atoms with E-state index in [1.165, 1.54) is 25.5 Å². The van der Waals surface area contributed by atoms with Gasteiger partial charge in [-0.05, 0) is 70.0 Å². The Morgan fingerprint density at radius 2 is 2.00 bits per heavy atom. The van der Waals surface area contributed by atoms with E-state index in [0.29, 0.717) is 6.42 Å². The fourth-order valence-corrected chi connectivity index (χ4v) is 3.64. The van der Waals surface area contributed by atoms with Crippen molar-refractivity contribution >= 4 is 39.1 Å². The van der Waals surface area contributed by atoms with Crippen molar-refractivity contribution in [3.05, 3.63) is 57.2 Å². The Bertz CT molecular complexity index is 695. The second kappa shape index (κ2) is 6.73. The second-order valence-electron chi connectivity index (χ2n) is 5.40. The molecule has 1 unspecified atom stereocenters. The molecule has 2 heteroatoms. The average molecular weight is 392 g/mol. The number of allylic oxidation sites excluding steroid dienone is 1. The Morgan fingerprint density at radius 3 is 2.57 bits per heavy atom. The minimum atomic E-state index is -0.206. The highest BCUT2D eigenvalue weighted by Crippen LogP contribution is 2.33. The molecule has 0 N–H and O–H groups in total. The zero-order chi connectivity index (χ0) is 15.6. The number of hydrogen-bond acceptors (Lipinski definition) is 1. The maximum absolute atomic E-state index is 12.3. The summed E-state index contributed by atoms with van der Waals surface area (Å²) >= 11 is 2.36. The predicted octanol–water partition coefficient (Wildman–Crippen LogP) is 5.56. The molecule has 0 saturated heterocycles. The van der Waals surface area contributed by atoms with Gasteiger partial charge in [0.2, 0.25) is 0 Å². The van der Waals surface area contributed by atoms with Gasteiger partial charge >= 0.3 is 0 Å². The van der Waals surface area contributed by atoms with Crippen LogP contribution in [0.25, 0.3) is 10.8 Å². The van der Waals surface area contributed by atoms with Crippen LogP contribution in [0, 0.1) is 10.5 Å². The van der Waals surface area contributed by atoms with E-state index in [1.807, 2.05) is 6.92 Å². The molecule has 110 valence electrons. The Kier molecular flexibility index (Phi) is 5.20. The van der Waals surface area contributed by atoms with Crippen molar-refractivity contribution in [3.63, 3.8) is 0 Å². The van der Waals surface area contributed by atoms with Gasteiger partial charge in [0.05, 0.1) is 5.92 Å². The highest BCUT2D eigenvalue weighted by Gasteiger charge is 2.20. The summed E-state index contributed by atoms with van der Waals surface area (Å²) < 4.78 is 1.24. The van der Waals surface area contributed by atoms with Gasteiger partial charge in [-0.2, -0.15) is 0 Å². The van der Waals surface area contributed by atoms with Crippen LogP contribution in [0.5, 0.6) is 0 Å². The van der Waals surface area contributed by atoms with E-state index < -0.39 is 0 Å². The molecule has 0 aromatic heterocycles. The van der Waals surface area contributed by atoms with Gasteiger partial charge < -0.3 is 0 Å². The van der Waals surface area contributed by atoms with Crippen LogP contribution in [0.3, 0.4) is 0 Å². The molecule has 2 aromatic rings. The lowest BCUT2D eigenvalue weighted by Crippen LogP contribution is -2.10. The fourth-order valence-electron chi connectivity index (χ4n) is 2.93. The second-order valence-corrected chi connectivity index (χ2v) is 6.65. The molecule has 0 aliphatic rings. The van der Waals surface area contributed by atoms with Crippen LogP contribution < -0.4 is 0 Å². The molecular weight excluding hydrogens is 371 g/mol. The Labute approximate surface area is 140 Å². The van der Waals surface area contributed by atoms with Crippen LogP contribution >= 0.6 is 22.6 Å². The summed E-state index contributed by atoms with van der Waals surface area (Å²) in [5.41, 5.74) is 3.61. The zero-order valence-corrected chi connectivity index (χ0v) is 15.0. The molecular formula is C19H21IO. The lowest BCUT2D eigenvalue weighted by Gasteiger charge is -2.18. The first kappa shape index (κ1) is 16.2. The predicted molar refractivity (Wildman–Crippen MR) is 99.0 cm³/mol. The smallest absolute Gasteiger partial charge is 0.143 e. The summed E-state index contributed by atoms with van der Waals surface area (Å²) in [6.45, 7) is 10.1. The largest absolute Gasteiger partial charge is 0.299 e. The molecule has 1 nitrogen and oxygen atoms in total. The molecule has 2 rings (SSSR count). The van der Waals surface area contributed by atoms with Crippen LogP contribution in [0.15, 0.2) is 36.9 Å². The lowest BCUT2D eigenvalue weighted by molar-refractivity contribution is -0.119. The SMILES string of the molecule is C=CC(C(=O)CC)c1cc(C)cc2cc(I)cc(CC)c12. The minimum absolute atomic E-state index is 0.206. The third-order valence-electron chi connectivity index (χ3n) is 3.92. The molecule has 0 heterocycles. The maximum atomic E-state index is 12.3. The van der Waals surface area contributed by atoms with Crippen LogP contribution in [-0.4, -0.2) is 5.78 Å². The molecule has 2 aromatic carbocycles. The first-order valence-electron chi connectivity index (χ1n) is 7.39. The van der Waals surface area contributed by atoms with Gasteiger partial charge in [0.1, 0.15) is 5.78 Å². The molecule has 21 heavy (non-hydrogen) atoms. The molecule has 0 aliphatic heterocycles. The van der Waals surface area contributed by atoms with Crippen LogP contribution in [0.2, 0.25) is 0 Å². The van der Waals surface area contributed by atoms with E-state index in [4.69, 9.17) is 0 Å². The Hall–Kier alpha value is -1.16. The van der Waals surface area contributed by atoms with Gasteiger partial charge in [-0.1, -0.05) is 37.6 Å². The van der Waals surface area contributed by atoms with Crippen molar-refractivity contribution < 1.29 is 4.79 Å². The number of carbonyl (C=O) groups is 1. The average Bonchev–Trinajstić information content (AvgIpc) is 2.45. The van der Waals surface area contributed by atoms with E-state index >= 15 is 0 Å². The number of halogens is 1. The van der Waals surface area contributed by atoms with Gasteiger partial charge in [0.25, 0.3) is 0 Å². The summed E-state index contributed by atoms with van der Waals surface area (Å²) in [6.07, 6.45) is 3.29. The van der Waals surface area contributed by atoms with Crippen molar-refractivity contribution in [2.75, 3.05) is 0 Å². The topological polar surface area (TPSA) is 17.1 Å². The third kappa shape index (κ3) is 3.20. The number of hydrogen-bond donors (Lipinski definition) is 0. The maximum Gasteiger partial charge on any atom is 0.143 e. The first-order valence-corrected chi connectivity index (χ1v) is 8.47. The van der Waals surface area contributed by atoms with Crippen molar-refractivity contribution in [2.45, 2.75) is 39.5 Å². The van der Waals surface area contributed by atoms with Crippen LogP contribution in [0.1, 0.15) is 42.9 Å². The number of Topliss-reactive ketones (excluding diaryl/α,β-unsaturated/α-hetero) is 1. The summed E-state index contributed by atoms with van der Waals surface area (Å²) in [7, 11) is 0. The Balaban J connectivity index is 2.83. The van der Waals surface area contributed by atoms with E-state index in [0.717, 1.165) is 12.0 Å². The molecule has 0 fully saturated rings. The number of rotatable bonds is 5. The van der Waals surface area contributed by atoms with E-state index in [1.54, 1.807) is 6.08 Å². The Morgan fingerprint density at radius 1 is 1.29 bits per heavy atom. The zero-order valence-electron chi connectivity index (χ0n) is 12.9. The standard InChI is InChI=1S/C19H21IO/c1-5-13-10-15(20)11-14-8-12(4)9-17(19(13)14)16(6-2)18(21)7-3/h6,8-11,16H,2,5,7H2,1,3-4H3. The molecule has 0 aliphatic carbocycles. The van der Waals surface area contributed by atoms with Crippen molar-refractivity contribution in [2.24, 2.45) is 0 Å². The van der Waals surface area contributed by atoms with Crippen molar-refractivity contribution in [1.29, 1.82) is 0 Å². The monoisotopic (exact) mass is 392 g/mol. The molecule has 1 atom stereocenters. The quantitative estimate of drug-likeness (QED) is 0.481. The highest BCUT2D eigenvalue weighted by molar-refractivity contribution is 14.1. The number of ketones is 1. The van der Waals surface area contributed by atoms with Crippen molar-refractivity contribution in [1.82, 2.24) is 0 Å². The molecule has 0 amide bonds. The first-order chi connectivity index (χ1) is 10.0. The van der Waals surface area contributed by atoms with E-state index in [2.05, 4.69) is 67.3 Å². The number of aryl methyl sites for hydroxylation is 2. The number of benzene rings is 2. The molecule has 0 spiro atoms. The minimum Gasteiger partial charge on any atom is -0.299 e. The third-order valence-corrected chi connectivity index (χ3v) is 4.54. The normalized spacial score (nSPS) is 12.4. The van der Waals surface area contributed by atoms with Crippen LogP contribution in [-0.2, 0) is 11.2 Å². The number of fused-ring (bicyclic) bond motifs is 1. The molecule has 0 bridgehead atoms. The van der Waals surface area contributed by atoms with E-state index in [-0.39, 0.29) is 11.7 Å². The molecule has 0 radical (unpaired) electrons.